The van der Waals surface area contributed by atoms with Crippen molar-refractivity contribution in [2.45, 2.75) is 18.9 Å². The van der Waals surface area contributed by atoms with Crippen molar-refractivity contribution >= 4 is 17.9 Å². The summed E-state index contributed by atoms with van der Waals surface area (Å²) in [5.41, 5.74) is 6.08. The number of pyridine rings is 1. The number of nitrogens with two attached hydrogens (primary N) is 1. The number of nitriles is 1. The van der Waals surface area contributed by atoms with Gasteiger partial charge >= 0.3 is 0 Å². The number of aldehydes is 1. The SMILES string of the molecule is N#CC1CCCN1C(=O)CNCC=O.Nc1ccncc1. The Labute approximate surface area is 123 Å². The van der Waals surface area contributed by atoms with Crippen molar-refractivity contribution in [1.29, 1.82) is 5.26 Å². The van der Waals surface area contributed by atoms with Crippen LogP contribution in [0.25, 0.3) is 0 Å². The van der Waals surface area contributed by atoms with E-state index in [-0.39, 0.29) is 25.0 Å². The number of rotatable bonds is 4. The molecule has 1 aromatic heterocycles. The minimum Gasteiger partial charge on any atom is -0.399 e. The molecule has 0 radical (unpaired) electrons. The van der Waals surface area contributed by atoms with Crippen LogP contribution in [-0.2, 0) is 9.59 Å². The molecular formula is C14H19N5O2. The summed E-state index contributed by atoms with van der Waals surface area (Å²) in [5, 5.41) is 11.4. The van der Waals surface area contributed by atoms with Gasteiger partial charge in [0.25, 0.3) is 0 Å². The standard InChI is InChI=1S/C9H13N3O2.C5H6N2/c10-6-8-2-1-4-12(8)9(14)7-11-3-5-13;6-5-1-3-7-4-2-5/h5,8,11H,1-4,7H2;1-4H,(H2,6,7). The predicted molar refractivity (Wildman–Crippen MR) is 77.9 cm³/mol. The lowest BCUT2D eigenvalue weighted by Crippen LogP contribution is -2.40. The largest absolute Gasteiger partial charge is 0.399 e. The first-order chi connectivity index (χ1) is 10.2. The summed E-state index contributed by atoms with van der Waals surface area (Å²) in [7, 11) is 0. The molecule has 0 saturated carbocycles. The van der Waals surface area contributed by atoms with Gasteiger partial charge in [0.2, 0.25) is 5.91 Å². The van der Waals surface area contributed by atoms with Crippen molar-refractivity contribution in [3.05, 3.63) is 24.5 Å². The van der Waals surface area contributed by atoms with E-state index in [4.69, 9.17) is 11.0 Å². The first kappa shape index (κ1) is 16.6. The summed E-state index contributed by atoms with van der Waals surface area (Å²) in [6, 6.07) is 5.32. The van der Waals surface area contributed by atoms with Gasteiger partial charge < -0.3 is 20.7 Å². The van der Waals surface area contributed by atoms with Gasteiger partial charge in [0.15, 0.2) is 0 Å². The highest BCUT2D eigenvalue weighted by molar-refractivity contribution is 5.79. The molecule has 112 valence electrons. The monoisotopic (exact) mass is 289 g/mol. The second-order valence-corrected chi connectivity index (χ2v) is 4.45. The van der Waals surface area contributed by atoms with Crippen molar-refractivity contribution < 1.29 is 9.59 Å². The molecule has 1 amide bonds. The third kappa shape index (κ3) is 6.01. The molecule has 0 bridgehead atoms. The number of nitrogens with one attached hydrogen (secondary N) is 1. The van der Waals surface area contributed by atoms with Gasteiger partial charge in [-0.3, -0.25) is 9.78 Å². The number of aromatic nitrogens is 1. The highest BCUT2D eigenvalue weighted by atomic mass is 16.2. The first-order valence-corrected chi connectivity index (χ1v) is 6.68. The molecule has 1 fully saturated rings. The van der Waals surface area contributed by atoms with Crippen LogP contribution in [0, 0.1) is 11.3 Å². The number of carbonyl (C=O) groups is 2. The minimum absolute atomic E-state index is 0.101. The molecule has 1 aromatic rings. The number of anilines is 1. The number of likely N-dealkylation sites (tertiary alicyclic amines) is 1. The van der Waals surface area contributed by atoms with E-state index in [0.717, 1.165) is 18.5 Å². The second-order valence-electron chi connectivity index (χ2n) is 4.45. The maximum Gasteiger partial charge on any atom is 0.237 e. The highest BCUT2D eigenvalue weighted by Crippen LogP contribution is 2.15. The zero-order chi connectivity index (χ0) is 15.5. The number of hydrogen-bond donors (Lipinski definition) is 2. The van der Waals surface area contributed by atoms with Gasteiger partial charge in [-0.2, -0.15) is 5.26 Å². The number of nitrogens with zero attached hydrogens (tertiary/aromatic N) is 3. The maximum atomic E-state index is 11.5. The van der Waals surface area contributed by atoms with Crippen LogP contribution in [0.2, 0.25) is 0 Å². The lowest BCUT2D eigenvalue weighted by molar-refractivity contribution is -0.130. The Balaban J connectivity index is 0.000000262. The fourth-order valence-corrected chi connectivity index (χ4v) is 1.90. The molecule has 1 atom stereocenters. The molecule has 21 heavy (non-hydrogen) atoms. The second kappa shape index (κ2) is 9.44. The molecule has 1 saturated heterocycles. The van der Waals surface area contributed by atoms with E-state index in [1.807, 2.05) is 0 Å². The summed E-state index contributed by atoms with van der Waals surface area (Å²) in [6.07, 6.45) is 5.68. The van der Waals surface area contributed by atoms with E-state index < -0.39 is 0 Å². The lowest BCUT2D eigenvalue weighted by Gasteiger charge is -2.19. The third-order valence-corrected chi connectivity index (χ3v) is 2.93. The van der Waals surface area contributed by atoms with E-state index in [1.165, 1.54) is 0 Å². The van der Waals surface area contributed by atoms with Crippen molar-refractivity contribution in [2.24, 2.45) is 0 Å². The molecular weight excluding hydrogens is 270 g/mol. The van der Waals surface area contributed by atoms with Gasteiger partial charge in [-0.15, -0.1) is 0 Å². The Hall–Kier alpha value is -2.46. The van der Waals surface area contributed by atoms with E-state index >= 15 is 0 Å². The van der Waals surface area contributed by atoms with Crippen LogP contribution in [0.15, 0.2) is 24.5 Å². The van der Waals surface area contributed by atoms with Gasteiger partial charge in [-0.05, 0) is 25.0 Å². The van der Waals surface area contributed by atoms with Gasteiger partial charge in [-0.1, -0.05) is 0 Å². The topological polar surface area (TPSA) is 112 Å². The maximum absolute atomic E-state index is 11.5. The summed E-state index contributed by atoms with van der Waals surface area (Å²) in [4.78, 5) is 26.8. The first-order valence-electron chi connectivity index (χ1n) is 6.68. The number of hydrogen-bond acceptors (Lipinski definition) is 6. The highest BCUT2D eigenvalue weighted by Gasteiger charge is 2.27. The van der Waals surface area contributed by atoms with E-state index in [0.29, 0.717) is 12.8 Å². The summed E-state index contributed by atoms with van der Waals surface area (Å²) in [6.45, 7) is 0.966. The van der Waals surface area contributed by atoms with Crippen LogP contribution in [0.1, 0.15) is 12.8 Å². The quantitative estimate of drug-likeness (QED) is 0.594. The zero-order valence-corrected chi connectivity index (χ0v) is 11.7. The molecule has 7 nitrogen and oxygen atoms in total. The Morgan fingerprint density at radius 2 is 2.29 bits per heavy atom. The molecule has 3 N–H and O–H groups in total. The molecule has 1 aliphatic heterocycles. The van der Waals surface area contributed by atoms with Crippen molar-refractivity contribution in [3.63, 3.8) is 0 Å². The number of nitrogen functional groups attached to an aromatic ring is 1. The van der Waals surface area contributed by atoms with E-state index in [1.54, 1.807) is 29.4 Å². The van der Waals surface area contributed by atoms with Crippen LogP contribution >= 0.6 is 0 Å². The normalized spacial score (nSPS) is 16.5. The summed E-state index contributed by atoms with van der Waals surface area (Å²) >= 11 is 0. The van der Waals surface area contributed by atoms with Crippen LogP contribution in [-0.4, -0.2) is 47.8 Å². The van der Waals surface area contributed by atoms with Crippen molar-refractivity contribution in [2.75, 3.05) is 25.4 Å². The molecule has 0 spiro atoms. The minimum atomic E-state index is -0.277. The average molecular weight is 289 g/mol. The molecule has 2 heterocycles. The molecule has 7 heteroatoms. The summed E-state index contributed by atoms with van der Waals surface area (Å²) in [5.74, 6) is -0.101. The zero-order valence-electron chi connectivity index (χ0n) is 11.7. The predicted octanol–water partition coefficient (Wildman–Crippen LogP) is -0.0467. The van der Waals surface area contributed by atoms with Crippen LogP contribution in [0.5, 0.6) is 0 Å². The summed E-state index contributed by atoms with van der Waals surface area (Å²) < 4.78 is 0. The Morgan fingerprint density at radius 1 is 1.57 bits per heavy atom. The van der Waals surface area contributed by atoms with Gasteiger partial charge in [-0.25, -0.2) is 0 Å². The lowest BCUT2D eigenvalue weighted by atomic mass is 10.2. The Bertz CT molecular complexity index is 486. The van der Waals surface area contributed by atoms with Crippen LogP contribution < -0.4 is 11.1 Å². The molecule has 0 aromatic carbocycles. The van der Waals surface area contributed by atoms with E-state index in [2.05, 4.69) is 16.4 Å². The van der Waals surface area contributed by atoms with Crippen LogP contribution in [0.3, 0.4) is 0 Å². The van der Waals surface area contributed by atoms with Crippen molar-refractivity contribution in [1.82, 2.24) is 15.2 Å². The average Bonchev–Trinajstić information content (AvgIpc) is 2.97. The van der Waals surface area contributed by atoms with Gasteiger partial charge in [0.05, 0.1) is 19.2 Å². The smallest absolute Gasteiger partial charge is 0.237 e. The van der Waals surface area contributed by atoms with E-state index in [9.17, 15) is 9.59 Å². The third-order valence-electron chi connectivity index (χ3n) is 2.93. The molecule has 2 rings (SSSR count). The fraction of sp³-hybridized carbons (Fsp3) is 0.429. The number of carbonyl (C=O) groups excluding carboxylic acids is 2. The van der Waals surface area contributed by atoms with Crippen LogP contribution in [0.4, 0.5) is 5.69 Å². The number of amides is 1. The Kier molecular flexibility index (Phi) is 7.46. The molecule has 1 unspecified atom stereocenters. The molecule has 0 aliphatic carbocycles. The van der Waals surface area contributed by atoms with Gasteiger partial charge in [0.1, 0.15) is 12.3 Å². The van der Waals surface area contributed by atoms with Gasteiger partial charge in [0, 0.05) is 24.6 Å². The van der Waals surface area contributed by atoms with Crippen molar-refractivity contribution in [3.8, 4) is 6.07 Å². The molecule has 1 aliphatic rings. The fourth-order valence-electron chi connectivity index (χ4n) is 1.90. The Morgan fingerprint density at radius 3 is 2.81 bits per heavy atom.